The van der Waals surface area contributed by atoms with E-state index in [1.165, 1.54) is 6.07 Å². The molecule has 114 valence electrons. The van der Waals surface area contributed by atoms with Gasteiger partial charge in [-0.15, -0.1) is 0 Å². The Morgan fingerprint density at radius 1 is 1.40 bits per heavy atom. The third kappa shape index (κ3) is 5.45. The molecule has 0 aromatic heterocycles. The van der Waals surface area contributed by atoms with Crippen LogP contribution in [0.3, 0.4) is 0 Å². The molecule has 0 radical (unpaired) electrons. The Labute approximate surface area is 127 Å². The summed E-state index contributed by atoms with van der Waals surface area (Å²) in [5, 5.41) is 0. The van der Waals surface area contributed by atoms with E-state index >= 15 is 0 Å². The molecule has 0 heterocycles. The van der Waals surface area contributed by atoms with Crippen molar-refractivity contribution in [3.8, 4) is 0 Å². The van der Waals surface area contributed by atoms with Crippen LogP contribution >= 0.6 is 15.9 Å². The van der Waals surface area contributed by atoms with Crippen molar-refractivity contribution in [1.29, 1.82) is 0 Å². The third-order valence-electron chi connectivity index (χ3n) is 2.65. The number of halogens is 2. The van der Waals surface area contributed by atoms with Gasteiger partial charge < -0.3 is 9.64 Å². The molecule has 0 saturated carbocycles. The van der Waals surface area contributed by atoms with E-state index in [-0.39, 0.29) is 15.9 Å². The van der Waals surface area contributed by atoms with E-state index in [4.69, 9.17) is 4.74 Å². The Balaban J connectivity index is 2.58. The Kier molecular flexibility index (Phi) is 7.04. The second-order valence-corrected chi connectivity index (χ2v) is 6.86. The monoisotopic (exact) mass is 368 g/mol. The number of likely N-dealkylation sites (N-methyl/N-ethyl adjacent to an activating group) is 1. The Bertz CT molecular complexity index is 540. The van der Waals surface area contributed by atoms with Crippen LogP contribution in [0.4, 0.5) is 4.39 Å². The summed E-state index contributed by atoms with van der Waals surface area (Å²) in [7, 11) is -0.156. The first-order valence-corrected chi connectivity index (χ1v) is 8.26. The van der Waals surface area contributed by atoms with Gasteiger partial charge >= 0.3 is 0 Å². The normalized spacial score (nSPS) is 12.1. The van der Waals surface area contributed by atoms with E-state index < -0.39 is 15.8 Å². The molecular formula is C12H18BrFN2O3S. The van der Waals surface area contributed by atoms with Gasteiger partial charge in [0.05, 0.1) is 11.5 Å². The van der Waals surface area contributed by atoms with Crippen LogP contribution in [0.15, 0.2) is 27.6 Å². The highest BCUT2D eigenvalue weighted by Gasteiger charge is 2.17. The van der Waals surface area contributed by atoms with E-state index in [0.29, 0.717) is 13.2 Å². The third-order valence-corrected chi connectivity index (χ3v) is 5.08. The zero-order valence-electron chi connectivity index (χ0n) is 11.4. The molecule has 0 fully saturated rings. The lowest BCUT2D eigenvalue weighted by molar-refractivity contribution is 0.162. The number of nitrogens with one attached hydrogen (secondary N) is 1. The summed E-state index contributed by atoms with van der Waals surface area (Å²) in [6, 6.07) is 3.47. The molecule has 8 heteroatoms. The number of rotatable bonds is 8. The maximum Gasteiger partial charge on any atom is 0.241 e. The van der Waals surface area contributed by atoms with Gasteiger partial charge in [0, 0.05) is 31.2 Å². The highest BCUT2D eigenvalue weighted by Crippen LogP contribution is 2.22. The number of ether oxygens (including phenoxy) is 1. The average Bonchev–Trinajstić information content (AvgIpc) is 2.35. The van der Waals surface area contributed by atoms with Crippen molar-refractivity contribution in [2.75, 3.05) is 40.4 Å². The highest BCUT2D eigenvalue weighted by atomic mass is 79.9. The molecule has 20 heavy (non-hydrogen) atoms. The summed E-state index contributed by atoms with van der Waals surface area (Å²) in [5.41, 5.74) is 0. The fourth-order valence-corrected chi connectivity index (χ4v) is 3.57. The van der Waals surface area contributed by atoms with Gasteiger partial charge in [0.15, 0.2) is 0 Å². The lowest BCUT2D eigenvalue weighted by atomic mass is 10.3. The van der Waals surface area contributed by atoms with Crippen molar-refractivity contribution in [3.05, 3.63) is 28.5 Å². The van der Waals surface area contributed by atoms with Crippen molar-refractivity contribution in [3.63, 3.8) is 0 Å². The fourth-order valence-electron chi connectivity index (χ4n) is 1.50. The smallest absolute Gasteiger partial charge is 0.241 e. The molecule has 1 N–H and O–H groups in total. The topological polar surface area (TPSA) is 58.6 Å². The number of methoxy groups -OCH3 is 1. The summed E-state index contributed by atoms with van der Waals surface area (Å²) in [4.78, 5) is 1.98. The molecule has 0 aliphatic carbocycles. The molecule has 0 bridgehead atoms. The second-order valence-electron chi connectivity index (χ2n) is 4.27. The molecule has 0 saturated heterocycles. The van der Waals surface area contributed by atoms with Crippen LogP contribution in [0.5, 0.6) is 0 Å². The van der Waals surface area contributed by atoms with Crippen LogP contribution in [-0.2, 0) is 14.8 Å². The fraction of sp³-hybridized carbons (Fsp3) is 0.500. The first-order valence-electron chi connectivity index (χ1n) is 5.99. The van der Waals surface area contributed by atoms with Gasteiger partial charge in [-0.2, -0.15) is 0 Å². The number of hydrogen-bond acceptors (Lipinski definition) is 4. The molecule has 1 aromatic carbocycles. The summed E-state index contributed by atoms with van der Waals surface area (Å²) < 4.78 is 44.7. The van der Waals surface area contributed by atoms with Crippen LogP contribution in [0.2, 0.25) is 0 Å². The lowest BCUT2D eigenvalue weighted by Crippen LogP contribution is -2.34. The van der Waals surface area contributed by atoms with Crippen LogP contribution in [0.25, 0.3) is 0 Å². The zero-order valence-corrected chi connectivity index (χ0v) is 13.8. The maximum absolute atomic E-state index is 12.9. The molecule has 0 atom stereocenters. The Morgan fingerprint density at radius 2 is 2.10 bits per heavy atom. The van der Waals surface area contributed by atoms with Gasteiger partial charge in [0.25, 0.3) is 0 Å². The quantitative estimate of drug-likeness (QED) is 0.754. The maximum atomic E-state index is 12.9. The molecule has 0 spiro atoms. The first-order chi connectivity index (χ1) is 9.36. The van der Waals surface area contributed by atoms with Crippen LogP contribution in [0, 0.1) is 5.82 Å². The van der Waals surface area contributed by atoms with E-state index in [1.807, 2.05) is 11.9 Å². The molecule has 0 aliphatic heterocycles. The molecule has 0 unspecified atom stereocenters. The van der Waals surface area contributed by atoms with Crippen molar-refractivity contribution in [2.45, 2.75) is 4.90 Å². The van der Waals surface area contributed by atoms with E-state index in [2.05, 4.69) is 20.7 Å². The minimum atomic E-state index is -3.65. The highest BCUT2D eigenvalue weighted by molar-refractivity contribution is 9.10. The van der Waals surface area contributed by atoms with Gasteiger partial charge in [-0.25, -0.2) is 17.5 Å². The minimum Gasteiger partial charge on any atom is -0.383 e. The average molecular weight is 369 g/mol. The molecule has 0 aliphatic rings. The van der Waals surface area contributed by atoms with Gasteiger partial charge in [-0.1, -0.05) is 0 Å². The SMILES string of the molecule is COCCN(C)CCNS(=O)(=O)c1ccc(F)cc1Br. The summed E-state index contributed by atoms with van der Waals surface area (Å²) >= 11 is 3.05. The van der Waals surface area contributed by atoms with E-state index in [9.17, 15) is 12.8 Å². The van der Waals surface area contributed by atoms with Gasteiger partial charge in [-0.05, 0) is 41.2 Å². The van der Waals surface area contributed by atoms with Crippen molar-refractivity contribution >= 4 is 26.0 Å². The van der Waals surface area contributed by atoms with E-state index in [0.717, 1.165) is 18.7 Å². The Morgan fingerprint density at radius 3 is 2.70 bits per heavy atom. The first kappa shape index (κ1) is 17.5. The van der Waals surface area contributed by atoms with Gasteiger partial charge in [0.2, 0.25) is 10.0 Å². The zero-order chi connectivity index (χ0) is 15.2. The van der Waals surface area contributed by atoms with Gasteiger partial charge in [0.1, 0.15) is 5.82 Å². The Hall–Kier alpha value is -0.540. The van der Waals surface area contributed by atoms with Crippen molar-refractivity contribution in [2.24, 2.45) is 0 Å². The number of nitrogens with zero attached hydrogens (tertiary/aromatic N) is 1. The van der Waals surface area contributed by atoms with Crippen molar-refractivity contribution < 1.29 is 17.5 Å². The predicted molar refractivity (Wildman–Crippen MR) is 78.7 cm³/mol. The van der Waals surface area contributed by atoms with Crippen LogP contribution < -0.4 is 4.72 Å². The van der Waals surface area contributed by atoms with Gasteiger partial charge in [-0.3, -0.25) is 0 Å². The molecule has 1 rings (SSSR count). The van der Waals surface area contributed by atoms with E-state index in [1.54, 1.807) is 7.11 Å². The molecule has 1 aromatic rings. The predicted octanol–water partition coefficient (Wildman–Crippen LogP) is 1.44. The minimum absolute atomic E-state index is 0.0263. The number of sulfonamides is 1. The number of hydrogen-bond donors (Lipinski definition) is 1. The van der Waals surface area contributed by atoms with Crippen LogP contribution in [-0.4, -0.2) is 53.7 Å². The summed E-state index contributed by atoms with van der Waals surface area (Å²) in [5.74, 6) is -0.491. The lowest BCUT2D eigenvalue weighted by Gasteiger charge is -2.16. The molecular weight excluding hydrogens is 351 g/mol. The molecule has 5 nitrogen and oxygen atoms in total. The summed E-state index contributed by atoms with van der Waals surface area (Å²) in [6.07, 6.45) is 0. The summed E-state index contributed by atoms with van der Waals surface area (Å²) in [6.45, 7) is 2.14. The number of benzene rings is 1. The largest absolute Gasteiger partial charge is 0.383 e. The standard InChI is InChI=1S/C12H18BrFN2O3S/c1-16(7-8-19-2)6-5-15-20(17,18)12-4-3-10(14)9-11(12)13/h3-4,9,15H,5-8H2,1-2H3. The van der Waals surface area contributed by atoms with Crippen LogP contribution in [0.1, 0.15) is 0 Å². The molecule has 0 amide bonds. The second kappa shape index (κ2) is 8.04. The van der Waals surface area contributed by atoms with Crippen molar-refractivity contribution in [1.82, 2.24) is 9.62 Å².